The average Bonchev–Trinajstić information content (AvgIpc) is 2.65. The van der Waals surface area contributed by atoms with Gasteiger partial charge in [-0.2, -0.15) is 0 Å². The maximum Gasteiger partial charge on any atom is 0.116 e. The van der Waals surface area contributed by atoms with E-state index in [4.69, 9.17) is 81.2 Å². The summed E-state index contributed by atoms with van der Waals surface area (Å²) in [6.07, 6.45) is 0.703. The Morgan fingerprint density at radius 3 is 1.94 bits per heavy atom. The van der Waals surface area contributed by atoms with Crippen LogP contribution in [0.2, 0.25) is 0 Å². The minimum atomic E-state index is -0.737. The zero-order valence-electron chi connectivity index (χ0n) is 8.65. The van der Waals surface area contributed by atoms with Crippen LogP contribution in [0, 0.1) is 16.7 Å². The van der Waals surface area contributed by atoms with Crippen LogP contribution in [0.3, 0.4) is 0 Å². The van der Waals surface area contributed by atoms with Gasteiger partial charge in [0.05, 0.1) is 10.8 Å². The van der Waals surface area contributed by atoms with Crippen molar-refractivity contribution in [1.82, 2.24) is 0 Å². The number of hydrogen-bond acceptors (Lipinski definition) is 0. The molecule has 5 atom stereocenters. The fourth-order valence-corrected chi connectivity index (χ4v) is 7.94. The van der Waals surface area contributed by atoms with Gasteiger partial charge >= 0.3 is 0 Å². The molecule has 0 nitrogen and oxygen atoms in total. The molecule has 0 radical (unpaired) electrons. The van der Waals surface area contributed by atoms with Crippen LogP contribution in [0.4, 0.5) is 0 Å². The quantitative estimate of drug-likeness (QED) is 0.599. The summed E-state index contributed by atoms with van der Waals surface area (Å²) in [5, 5.41) is -0.908. The van der Waals surface area contributed by atoms with Gasteiger partial charge in [-0.3, -0.25) is 0 Å². The first-order valence-electron chi connectivity index (χ1n) is 5.22. The van der Waals surface area contributed by atoms with E-state index in [1.54, 1.807) is 0 Å². The first-order valence-corrected chi connectivity index (χ1v) is 8.47. The van der Waals surface area contributed by atoms with Gasteiger partial charge in [-0.25, -0.2) is 0 Å². The number of rotatable bonds is 3. The molecule has 0 aliphatic heterocycles. The minimum absolute atomic E-state index is 0.0594. The summed E-state index contributed by atoms with van der Waals surface area (Å²) in [6.45, 7) is 0. The molecule has 0 N–H and O–H groups in total. The summed E-state index contributed by atoms with van der Waals surface area (Å²) < 4.78 is 0. The Morgan fingerprint density at radius 1 is 1.06 bits per heavy atom. The van der Waals surface area contributed by atoms with E-state index < -0.39 is 21.0 Å². The molecule has 7 heteroatoms. The number of halogens is 7. The molecule has 2 fully saturated rings. The van der Waals surface area contributed by atoms with Crippen molar-refractivity contribution in [3.05, 3.63) is 0 Å². The molecular weight excluding hydrogens is 368 g/mol. The Labute approximate surface area is 136 Å². The molecule has 0 aromatic heterocycles. The third-order valence-corrected chi connectivity index (χ3v) is 8.04. The monoisotopic (exact) mass is 376 g/mol. The highest BCUT2D eigenvalue weighted by molar-refractivity contribution is 6.47. The van der Waals surface area contributed by atoms with E-state index in [1.807, 2.05) is 0 Å². The lowest BCUT2D eigenvalue weighted by molar-refractivity contribution is 0.159. The Balaban J connectivity index is 2.60. The van der Waals surface area contributed by atoms with E-state index in [2.05, 4.69) is 0 Å². The third-order valence-electron chi connectivity index (χ3n) is 4.51. The first-order chi connectivity index (χ1) is 7.90. The summed E-state index contributed by atoms with van der Waals surface area (Å²) in [5.41, 5.74) is -1.21. The predicted molar refractivity (Wildman–Crippen MR) is 78.8 cm³/mol. The van der Waals surface area contributed by atoms with Crippen molar-refractivity contribution in [2.24, 2.45) is 16.7 Å². The lowest BCUT2D eigenvalue weighted by atomic mass is 9.70. The lowest BCUT2D eigenvalue weighted by Crippen LogP contribution is -2.52. The highest BCUT2D eigenvalue weighted by Gasteiger charge is 2.77. The normalized spacial score (nSPS) is 48.0. The van der Waals surface area contributed by atoms with Crippen LogP contribution in [0.5, 0.6) is 0 Å². The van der Waals surface area contributed by atoms with Crippen molar-refractivity contribution >= 4 is 81.2 Å². The van der Waals surface area contributed by atoms with Gasteiger partial charge < -0.3 is 0 Å². The van der Waals surface area contributed by atoms with Crippen molar-refractivity contribution in [3.63, 3.8) is 0 Å². The molecule has 0 heterocycles. The van der Waals surface area contributed by atoms with Crippen LogP contribution in [-0.2, 0) is 0 Å². The van der Waals surface area contributed by atoms with Crippen LogP contribution in [0.25, 0.3) is 0 Å². The molecule has 0 aromatic rings. The van der Waals surface area contributed by atoms with Crippen molar-refractivity contribution in [2.45, 2.75) is 27.4 Å². The van der Waals surface area contributed by atoms with Crippen molar-refractivity contribution < 1.29 is 0 Å². The number of hydrogen-bond donors (Lipinski definition) is 0. The molecule has 0 saturated heterocycles. The Morgan fingerprint density at radius 2 is 1.59 bits per heavy atom. The Kier molecular flexibility index (Phi) is 4.62. The zero-order chi connectivity index (χ0) is 13.0. The van der Waals surface area contributed by atoms with Crippen LogP contribution in [-0.4, -0.2) is 32.7 Å². The predicted octanol–water partition coefficient (Wildman–Crippen LogP) is 5.10. The summed E-state index contributed by atoms with van der Waals surface area (Å²) in [5.74, 6) is 0.684. The topological polar surface area (TPSA) is 0 Å². The van der Waals surface area contributed by atoms with E-state index in [9.17, 15) is 0 Å². The Bertz CT molecular complexity index is 303. The average molecular weight is 379 g/mol. The third kappa shape index (κ3) is 1.65. The molecule has 0 spiro atoms. The molecule has 2 saturated carbocycles. The van der Waals surface area contributed by atoms with E-state index >= 15 is 0 Å². The van der Waals surface area contributed by atoms with Crippen LogP contribution >= 0.6 is 81.2 Å². The second-order valence-electron chi connectivity index (χ2n) is 4.81. The molecule has 17 heavy (non-hydrogen) atoms. The highest BCUT2D eigenvalue weighted by atomic mass is 35.5. The SMILES string of the molecule is ClCC1(CCl)C2C[C@@H](Cl)C1(C(Cl)Cl)[C@H](Cl)[C@H]2Cl. The molecule has 100 valence electrons. The minimum Gasteiger partial charge on any atom is -0.126 e. The fourth-order valence-electron chi connectivity index (χ4n) is 3.57. The standard InChI is InChI=1S/C10H11Cl7/c11-2-9(3-12)4-1-5(13)10(9,8(16)17)7(15)6(4)14/h4-8H,1-3H2/t4?,5-,6+,7-,10?/m1/s1. The molecule has 2 aliphatic carbocycles. The molecule has 2 aliphatic rings. The highest BCUT2D eigenvalue weighted by Crippen LogP contribution is 2.73. The van der Waals surface area contributed by atoms with Crippen LogP contribution in [0.15, 0.2) is 0 Å². The van der Waals surface area contributed by atoms with Crippen molar-refractivity contribution in [3.8, 4) is 0 Å². The van der Waals surface area contributed by atoms with E-state index in [1.165, 1.54) is 0 Å². The van der Waals surface area contributed by atoms with Gasteiger partial charge in [0.15, 0.2) is 0 Å². The van der Waals surface area contributed by atoms with Gasteiger partial charge in [-0.15, -0.1) is 81.2 Å². The van der Waals surface area contributed by atoms with E-state index in [0.29, 0.717) is 18.2 Å². The smallest absolute Gasteiger partial charge is 0.116 e. The van der Waals surface area contributed by atoms with Gasteiger partial charge in [0, 0.05) is 28.0 Å². The van der Waals surface area contributed by atoms with Gasteiger partial charge in [-0.1, -0.05) is 0 Å². The molecular formula is C10H11Cl7. The summed E-state index contributed by atoms with van der Waals surface area (Å²) >= 11 is 43.9. The second-order valence-corrected chi connectivity index (χ2v) is 7.94. The lowest BCUT2D eigenvalue weighted by Gasteiger charge is -2.45. The summed E-state index contributed by atoms with van der Waals surface area (Å²) in [7, 11) is 0. The summed E-state index contributed by atoms with van der Waals surface area (Å²) in [6, 6.07) is 0. The van der Waals surface area contributed by atoms with Crippen LogP contribution < -0.4 is 0 Å². The maximum atomic E-state index is 6.45. The van der Waals surface area contributed by atoms with Gasteiger partial charge in [0.2, 0.25) is 0 Å². The largest absolute Gasteiger partial charge is 0.126 e. The number of fused-ring (bicyclic) bond motifs is 2. The maximum absolute atomic E-state index is 6.45. The van der Waals surface area contributed by atoms with Crippen molar-refractivity contribution in [2.75, 3.05) is 11.8 Å². The Hall–Kier alpha value is 2.03. The molecule has 0 amide bonds. The van der Waals surface area contributed by atoms with Crippen LogP contribution in [0.1, 0.15) is 6.42 Å². The molecule has 2 rings (SSSR count). The second kappa shape index (κ2) is 5.10. The van der Waals surface area contributed by atoms with Crippen molar-refractivity contribution in [1.29, 1.82) is 0 Å². The van der Waals surface area contributed by atoms with E-state index in [-0.39, 0.29) is 16.7 Å². The van der Waals surface area contributed by atoms with Gasteiger partial charge in [0.1, 0.15) is 4.84 Å². The van der Waals surface area contributed by atoms with Gasteiger partial charge in [0.25, 0.3) is 0 Å². The van der Waals surface area contributed by atoms with E-state index in [0.717, 1.165) is 0 Å². The van der Waals surface area contributed by atoms with Gasteiger partial charge in [-0.05, 0) is 12.3 Å². The number of alkyl halides is 7. The summed E-state index contributed by atoms with van der Waals surface area (Å²) in [4.78, 5) is -0.737. The zero-order valence-corrected chi connectivity index (χ0v) is 13.9. The molecule has 2 unspecified atom stereocenters. The first kappa shape index (κ1) is 15.4. The molecule has 2 bridgehead atoms. The fraction of sp³-hybridized carbons (Fsp3) is 1.00. The molecule has 0 aromatic carbocycles.